The molecule has 2 aromatic heterocycles. The SMILES string of the molecule is CCCCOc1nc(N)c2c(n1)N(Cc1ccc3c(c1)CN(CC1CCC1)CC3)CC(=O)C2.CCCCOc1nc(N)c2c(n1)N(Cc1ccc3c(c1)CNCC3)CC(=O)C2. The summed E-state index contributed by atoms with van der Waals surface area (Å²) in [6.07, 6.45) is 10.9. The van der Waals surface area contributed by atoms with Crippen LogP contribution in [0.5, 0.6) is 12.0 Å². The number of carbonyl (C=O) groups is 2. The van der Waals surface area contributed by atoms with Gasteiger partial charge in [-0.05, 0) is 84.4 Å². The number of nitrogen functional groups attached to an aromatic ring is 2. The summed E-state index contributed by atoms with van der Waals surface area (Å²) in [5.74, 6) is 3.30. The van der Waals surface area contributed by atoms with E-state index in [0.29, 0.717) is 68.6 Å². The molecular weight excluding hydrogens is 769 g/mol. The molecule has 1 fully saturated rings. The van der Waals surface area contributed by atoms with Crippen LogP contribution in [0.2, 0.25) is 0 Å². The third kappa shape index (κ3) is 10.4. The molecule has 0 unspecified atom stereocenters. The van der Waals surface area contributed by atoms with Gasteiger partial charge in [0.1, 0.15) is 23.3 Å². The molecule has 1 saturated carbocycles. The number of ketones is 2. The number of unbranched alkanes of at least 4 members (excludes halogenated alkanes) is 2. The smallest absolute Gasteiger partial charge is 0.320 e. The van der Waals surface area contributed by atoms with Crippen LogP contribution in [-0.2, 0) is 61.5 Å². The Labute approximate surface area is 359 Å². The molecule has 61 heavy (non-hydrogen) atoms. The third-order valence-electron chi connectivity index (χ3n) is 12.5. The maximum Gasteiger partial charge on any atom is 0.320 e. The van der Waals surface area contributed by atoms with Crippen LogP contribution in [0.3, 0.4) is 0 Å². The fourth-order valence-corrected chi connectivity index (χ4v) is 8.92. The van der Waals surface area contributed by atoms with Gasteiger partial charge in [-0.3, -0.25) is 14.5 Å². The van der Waals surface area contributed by atoms with E-state index in [4.69, 9.17) is 20.9 Å². The van der Waals surface area contributed by atoms with Crippen LogP contribution in [0.15, 0.2) is 36.4 Å². The van der Waals surface area contributed by atoms with Gasteiger partial charge in [-0.15, -0.1) is 0 Å². The number of hydrogen-bond acceptors (Lipinski definition) is 14. The van der Waals surface area contributed by atoms with E-state index in [-0.39, 0.29) is 24.4 Å². The van der Waals surface area contributed by atoms with E-state index in [9.17, 15) is 9.59 Å². The molecule has 1 aliphatic carbocycles. The van der Waals surface area contributed by atoms with Crippen molar-refractivity contribution in [2.24, 2.45) is 5.92 Å². The van der Waals surface area contributed by atoms with E-state index >= 15 is 0 Å². The average molecular weight is 831 g/mol. The van der Waals surface area contributed by atoms with Crippen molar-refractivity contribution in [2.45, 2.75) is 111 Å². The van der Waals surface area contributed by atoms with Crippen LogP contribution in [0.4, 0.5) is 23.3 Å². The van der Waals surface area contributed by atoms with Gasteiger partial charge in [0.25, 0.3) is 0 Å². The fourth-order valence-electron chi connectivity index (χ4n) is 8.92. The molecule has 14 heteroatoms. The molecule has 4 aliphatic heterocycles. The summed E-state index contributed by atoms with van der Waals surface area (Å²) in [4.78, 5) is 49.2. The van der Waals surface area contributed by atoms with Gasteiger partial charge in [0, 0.05) is 63.2 Å². The van der Waals surface area contributed by atoms with Crippen LogP contribution >= 0.6 is 0 Å². The number of Topliss-reactive ketones (excluding diaryl/α,β-unsaturated/α-hetero) is 2. The molecule has 0 spiro atoms. The molecule has 0 amide bonds. The predicted octanol–water partition coefficient (Wildman–Crippen LogP) is 5.54. The Hall–Kier alpha value is -5.34. The average Bonchev–Trinajstić information content (AvgIpc) is 3.23. The summed E-state index contributed by atoms with van der Waals surface area (Å²) in [6.45, 7) is 12.6. The highest BCUT2D eigenvalue weighted by molar-refractivity contribution is 5.92. The number of rotatable bonds is 14. The Morgan fingerprint density at radius 3 is 1.80 bits per heavy atom. The number of nitrogens with zero attached hydrogens (tertiary/aromatic N) is 7. The Morgan fingerprint density at radius 1 is 0.705 bits per heavy atom. The van der Waals surface area contributed by atoms with Gasteiger partial charge in [-0.25, -0.2) is 0 Å². The first-order valence-corrected chi connectivity index (χ1v) is 22.5. The summed E-state index contributed by atoms with van der Waals surface area (Å²) in [6, 6.07) is 14.0. The molecule has 0 radical (unpaired) electrons. The first-order valence-electron chi connectivity index (χ1n) is 22.5. The highest BCUT2D eigenvalue weighted by atomic mass is 16.5. The first kappa shape index (κ1) is 42.4. The van der Waals surface area contributed by atoms with E-state index in [1.165, 1.54) is 53.6 Å². The van der Waals surface area contributed by atoms with Crippen LogP contribution < -0.4 is 36.1 Å². The summed E-state index contributed by atoms with van der Waals surface area (Å²) < 4.78 is 11.4. The van der Waals surface area contributed by atoms with Crippen molar-refractivity contribution in [1.82, 2.24) is 30.2 Å². The minimum absolute atomic E-state index is 0.127. The standard InChI is InChI=1S/C26H35N5O2.C21H27N5O2/c1-2-3-11-33-26-28-24(27)23-13-22(32)17-31(25(23)29-26)15-19-7-8-20-9-10-30(16-21(20)12-19)14-18-5-4-6-18;1-2-3-8-28-21-24-19(22)18-10-17(27)13-26(20(18)25-21)12-14-4-5-15-6-7-23-11-16(15)9-14/h7-8,12,18H,2-6,9-11,13-17H2,1H3,(H2,27,28,29);4-5,9,23H,2-3,6-8,10-13H2,1H3,(H2,22,24,25). The number of ether oxygens (including phenoxy) is 2. The number of aromatic nitrogens is 4. The van der Waals surface area contributed by atoms with Gasteiger partial charge >= 0.3 is 12.0 Å². The highest BCUT2D eigenvalue weighted by Gasteiger charge is 2.30. The predicted molar refractivity (Wildman–Crippen MR) is 238 cm³/mol. The lowest BCUT2D eigenvalue weighted by Gasteiger charge is -2.35. The molecule has 4 aromatic rings. The van der Waals surface area contributed by atoms with Crippen molar-refractivity contribution in [1.29, 1.82) is 0 Å². The van der Waals surface area contributed by atoms with Crippen LogP contribution in [0.25, 0.3) is 0 Å². The van der Waals surface area contributed by atoms with Gasteiger partial charge in [0.05, 0.1) is 26.3 Å². The monoisotopic (exact) mass is 830 g/mol. The minimum atomic E-state index is 0.127. The number of nitrogens with two attached hydrogens (primary N) is 2. The van der Waals surface area contributed by atoms with Gasteiger partial charge in [-0.1, -0.05) is 69.5 Å². The highest BCUT2D eigenvalue weighted by Crippen LogP contribution is 2.34. The molecule has 6 heterocycles. The fraction of sp³-hybridized carbons (Fsp3) is 0.532. The van der Waals surface area contributed by atoms with Crippen molar-refractivity contribution in [2.75, 3.05) is 67.2 Å². The van der Waals surface area contributed by atoms with E-state index in [0.717, 1.165) is 93.4 Å². The summed E-state index contributed by atoms with van der Waals surface area (Å²) >= 11 is 0. The topological polar surface area (TPSA) is 178 Å². The Kier molecular flexibility index (Phi) is 13.6. The molecule has 324 valence electrons. The molecular formula is C47H62N10O4. The van der Waals surface area contributed by atoms with Crippen LogP contribution in [0.1, 0.15) is 103 Å². The minimum Gasteiger partial charge on any atom is -0.463 e. The van der Waals surface area contributed by atoms with Crippen molar-refractivity contribution in [3.05, 3.63) is 80.9 Å². The normalized spacial score (nSPS) is 17.3. The van der Waals surface area contributed by atoms with Crippen LogP contribution in [-0.4, -0.2) is 82.3 Å². The maximum atomic E-state index is 12.5. The number of carbonyl (C=O) groups excluding carboxylic acids is 2. The second kappa shape index (κ2) is 19.6. The van der Waals surface area contributed by atoms with Crippen molar-refractivity contribution in [3.63, 3.8) is 0 Å². The molecule has 0 atom stereocenters. The lowest BCUT2D eigenvalue weighted by molar-refractivity contribution is -0.118. The summed E-state index contributed by atoms with van der Waals surface area (Å²) in [5.41, 5.74) is 21.7. The number of fused-ring (bicyclic) bond motifs is 4. The van der Waals surface area contributed by atoms with Crippen molar-refractivity contribution < 1.29 is 19.1 Å². The van der Waals surface area contributed by atoms with Gasteiger partial charge in [0.2, 0.25) is 0 Å². The Bertz CT molecular complexity index is 2210. The molecule has 0 saturated heterocycles. The second-order valence-corrected chi connectivity index (χ2v) is 17.3. The lowest BCUT2D eigenvalue weighted by Crippen LogP contribution is -2.37. The third-order valence-corrected chi connectivity index (χ3v) is 12.5. The number of anilines is 4. The number of hydrogen-bond donors (Lipinski definition) is 3. The quantitative estimate of drug-likeness (QED) is 0.135. The molecule has 9 rings (SSSR count). The summed E-state index contributed by atoms with van der Waals surface area (Å²) in [5, 5.41) is 3.41. The molecule has 2 aromatic carbocycles. The Morgan fingerprint density at radius 2 is 1.26 bits per heavy atom. The zero-order valence-electron chi connectivity index (χ0n) is 36.0. The van der Waals surface area contributed by atoms with Gasteiger partial charge in [-0.2, -0.15) is 19.9 Å². The van der Waals surface area contributed by atoms with E-state index in [2.05, 4.69) is 80.4 Å². The number of benzene rings is 2. The van der Waals surface area contributed by atoms with Gasteiger partial charge < -0.3 is 36.1 Å². The van der Waals surface area contributed by atoms with Gasteiger partial charge in [0.15, 0.2) is 11.6 Å². The van der Waals surface area contributed by atoms with Crippen LogP contribution in [0, 0.1) is 5.92 Å². The first-order chi connectivity index (χ1) is 29.7. The molecule has 14 nitrogen and oxygen atoms in total. The Balaban J connectivity index is 0.000000171. The molecule has 5 N–H and O–H groups in total. The van der Waals surface area contributed by atoms with E-state index in [1.54, 1.807) is 0 Å². The second-order valence-electron chi connectivity index (χ2n) is 17.3. The van der Waals surface area contributed by atoms with E-state index in [1.807, 2.05) is 9.80 Å². The summed E-state index contributed by atoms with van der Waals surface area (Å²) in [7, 11) is 0. The zero-order chi connectivity index (χ0) is 42.3. The molecule has 0 bridgehead atoms. The van der Waals surface area contributed by atoms with Crippen molar-refractivity contribution in [3.8, 4) is 12.0 Å². The maximum absolute atomic E-state index is 12.5. The molecule has 5 aliphatic rings. The lowest BCUT2D eigenvalue weighted by atomic mass is 9.84. The van der Waals surface area contributed by atoms with Crippen molar-refractivity contribution >= 4 is 34.8 Å². The zero-order valence-corrected chi connectivity index (χ0v) is 36.0. The number of nitrogens with one attached hydrogen (secondary N) is 1. The van der Waals surface area contributed by atoms with E-state index < -0.39 is 0 Å². The largest absolute Gasteiger partial charge is 0.463 e.